The molecule has 0 fully saturated rings. The Morgan fingerprint density at radius 2 is 2.21 bits per heavy atom. The fraction of sp³-hybridized carbons (Fsp3) is 0.300. The first-order valence-corrected chi connectivity index (χ1v) is 4.15. The molecule has 1 aromatic carbocycles. The third-order valence-electron chi connectivity index (χ3n) is 1.77. The monoisotopic (exact) mass is 196 g/mol. The molecule has 0 amide bonds. The Kier molecular flexibility index (Phi) is 2.85. The van der Waals surface area contributed by atoms with Gasteiger partial charge in [0, 0.05) is 5.69 Å². The number of nitrogens with one attached hydrogen (secondary N) is 1. The lowest BCUT2D eigenvalue weighted by atomic mass is 10.2. The zero-order valence-electron chi connectivity index (χ0n) is 8.86. The van der Waals surface area contributed by atoms with Gasteiger partial charge in [0.2, 0.25) is 0 Å². The first kappa shape index (κ1) is 8.87. The van der Waals surface area contributed by atoms with Crippen molar-refractivity contribution in [3.63, 3.8) is 0 Å². The van der Waals surface area contributed by atoms with E-state index in [1.807, 2.05) is 0 Å². The van der Waals surface area contributed by atoms with Crippen molar-refractivity contribution in [1.29, 1.82) is 0 Å². The fourth-order valence-electron chi connectivity index (χ4n) is 0.959. The number of aliphatic carboxylic acids is 1. The molecular formula is C10H13NO3. The molecule has 4 heteroatoms. The van der Waals surface area contributed by atoms with Gasteiger partial charge in [-0.25, -0.2) is 0 Å². The summed E-state index contributed by atoms with van der Waals surface area (Å²) in [5, 5.41) is 11.5. The summed E-state index contributed by atoms with van der Waals surface area (Å²) in [5.74, 6) is -0.306. The van der Waals surface area contributed by atoms with Gasteiger partial charge in [0.1, 0.15) is 11.8 Å². The van der Waals surface area contributed by atoms with Crippen molar-refractivity contribution in [1.82, 2.24) is 0 Å². The van der Waals surface area contributed by atoms with Crippen molar-refractivity contribution < 1.29 is 16.0 Å². The first-order valence-electron chi connectivity index (χ1n) is 4.85. The van der Waals surface area contributed by atoms with Crippen molar-refractivity contribution in [2.24, 2.45) is 0 Å². The van der Waals surface area contributed by atoms with Gasteiger partial charge in [-0.2, -0.15) is 0 Å². The number of carboxylic acid groups (broad SMARTS) is 1. The summed E-state index contributed by atoms with van der Waals surface area (Å²) >= 11 is 0. The molecule has 0 bridgehead atoms. The number of hydrogen-bond acceptors (Lipinski definition) is 3. The number of rotatable bonds is 4. The quantitative estimate of drug-likeness (QED) is 0.767. The van der Waals surface area contributed by atoms with Crippen LogP contribution < -0.4 is 10.1 Å². The van der Waals surface area contributed by atoms with Crippen LogP contribution in [-0.2, 0) is 4.79 Å². The average molecular weight is 196 g/mol. The van der Waals surface area contributed by atoms with Gasteiger partial charge < -0.3 is 15.2 Å². The van der Waals surface area contributed by atoms with Crippen molar-refractivity contribution in [3.05, 3.63) is 24.3 Å². The number of ether oxygens (including phenoxy) is 1. The Labute approximate surface area is 83.9 Å². The van der Waals surface area contributed by atoms with Crippen LogP contribution in [0.3, 0.4) is 0 Å². The Hall–Kier alpha value is -1.71. The average Bonchev–Trinajstić information content (AvgIpc) is 2.21. The summed E-state index contributed by atoms with van der Waals surface area (Å²) in [6.07, 6.45) is 0. The van der Waals surface area contributed by atoms with E-state index in [0.29, 0.717) is 11.4 Å². The van der Waals surface area contributed by atoms with Crippen molar-refractivity contribution in [2.45, 2.75) is 13.0 Å². The molecular weight excluding hydrogens is 182 g/mol. The number of carbonyl (C=O) groups is 1. The smallest absolute Gasteiger partial charge is 0.325 e. The minimum atomic E-state index is -0.901. The lowest BCUT2D eigenvalue weighted by Crippen LogP contribution is -2.25. The maximum atomic E-state index is 10.6. The van der Waals surface area contributed by atoms with Gasteiger partial charge in [-0.05, 0) is 31.2 Å². The van der Waals surface area contributed by atoms with E-state index in [1.165, 1.54) is 0 Å². The van der Waals surface area contributed by atoms with E-state index in [9.17, 15) is 4.79 Å². The van der Waals surface area contributed by atoms with Crippen LogP contribution in [0, 0.1) is 0 Å². The van der Waals surface area contributed by atoms with Gasteiger partial charge in [-0.15, -0.1) is 0 Å². The molecule has 0 spiro atoms. The number of anilines is 1. The van der Waals surface area contributed by atoms with E-state index in [0.717, 1.165) is 0 Å². The summed E-state index contributed by atoms with van der Waals surface area (Å²) in [6, 6.07) is 6.17. The molecule has 4 nitrogen and oxygen atoms in total. The Balaban J connectivity index is 2.60. The normalized spacial score (nSPS) is 12.8. The van der Waals surface area contributed by atoms with Gasteiger partial charge in [0.05, 0.1) is 8.46 Å². The Bertz CT molecular complexity index is 326. The fourth-order valence-corrected chi connectivity index (χ4v) is 0.959. The van der Waals surface area contributed by atoms with Gasteiger partial charge >= 0.3 is 5.97 Å². The van der Waals surface area contributed by atoms with E-state index in [4.69, 9.17) is 11.2 Å². The van der Waals surface area contributed by atoms with Crippen LogP contribution in [0.25, 0.3) is 0 Å². The highest BCUT2D eigenvalue weighted by atomic mass is 16.5. The summed E-state index contributed by atoms with van der Waals surface area (Å²) in [5.41, 5.74) is 0.710. The second kappa shape index (κ2) is 4.50. The van der Waals surface area contributed by atoms with Crippen LogP contribution in [0.1, 0.15) is 8.29 Å². The second-order valence-electron chi connectivity index (χ2n) is 2.87. The highest BCUT2D eigenvalue weighted by molar-refractivity contribution is 5.76. The Morgan fingerprint density at radius 1 is 1.57 bits per heavy atom. The number of hydrogen-bond donors (Lipinski definition) is 2. The molecule has 0 saturated carbocycles. The molecule has 0 aliphatic carbocycles. The van der Waals surface area contributed by atoms with Crippen LogP contribution in [0.15, 0.2) is 24.3 Å². The number of benzene rings is 1. The standard InChI is InChI=1S/C10H13NO3/c1-7(10(12)13)11-8-3-5-9(14-2)6-4-8/h3-7,11H,1-2H3,(H,12,13)/t7-/m0/s1/i2D. The van der Waals surface area contributed by atoms with Crippen LogP contribution in [0.4, 0.5) is 5.69 Å². The molecule has 14 heavy (non-hydrogen) atoms. The van der Waals surface area contributed by atoms with E-state index < -0.39 is 12.0 Å². The maximum absolute atomic E-state index is 10.6. The minimum absolute atomic E-state index is 0.127. The van der Waals surface area contributed by atoms with Gasteiger partial charge in [-0.3, -0.25) is 4.79 Å². The predicted octanol–water partition coefficient (Wildman–Crippen LogP) is 1.58. The highest BCUT2D eigenvalue weighted by Gasteiger charge is 2.09. The zero-order valence-corrected chi connectivity index (χ0v) is 7.86. The molecule has 0 radical (unpaired) electrons. The Morgan fingerprint density at radius 3 is 2.71 bits per heavy atom. The van der Waals surface area contributed by atoms with E-state index in [1.54, 1.807) is 31.2 Å². The number of carboxylic acids is 1. The third kappa shape index (κ3) is 2.65. The van der Waals surface area contributed by atoms with Gasteiger partial charge in [0.25, 0.3) is 0 Å². The largest absolute Gasteiger partial charge is 0.497 e. The van der Waals surface area contributed by atoms with Gasteiger partial charge in [0.15, 0.2) is 0 Å². The first-order chi connectivity index (χ1) is 7.13. The zero-order chi connectivity index (χ0) is 11.3. The van der Waals surface area contributed by atoms with E-state index >= 15 is 0 Å². The molecule has 0 aliphatic heterocycles. The molecule has 1 atom stereocenters. The lowest BCUT2D eigenvalue weighted by Gasteiger charge is -2.10. The predicted molar refractivity (Wildman–Crippen MR) is 53.7 cm³/mol. The van der Waals surface area contributed by atoms with Crippen molar-refractivity contribution >= 4 is 11.7 Å². The van der Waals surface area contributed by atoms with E-state index in [-0.39, 0.29) is 7.09 Å². The molecule has 0 heterocycles. The summed E-state index contributed by atoms with van der Waals surface area (Å²) in [7, 11) is -0.127. The molecule has 0 aliphatic rings. The van der Waals surface area contributed by atoms with Gasteiger partial charge in [-0.1, -0.05) is 0 Å². The molecule has 0 unspecified atom stereocenters. The summed E-state index contributed by atoms with van der Waals surface area (Å²) in [4.78, 5) is 10.6. The molecule has 1 aromatic rings. The van der Waals surface area contributed by atoms with Crippen LogP contribution in [0.5, 0.6) is 5.75 Å². The molecule has 2 N–H and O–H groups in total. The topological polar surface area (TPSA) is 58.6 Å². The van der Waals surface area contributed by atoms with Crippen LogP contribution in [0.2, 0.25) is 0 Å². The van der Waals surface area contributed by atoms with Crippen LogP contribution in [-0.4, -0.2) is 24.2 Å². The maximum Gasteiger partial charge on any atom is 0.325 e. The summed E-state index contributed by atoms with van der Waals surface area (Å²) in [6.45, 7) is 1.57. The summed E-state index contributed by atoms with van der Waals surface area (Å²) < 4.78 is 11.8. The lowest BCUT2D eigenvalue weighted by molar-refractivity contribution is -0.137. The number of methoxy groups -OCH3 is 1. The molecule has 1 rings (SSSR count). The van der Waals surface area contributed by atoms with Crippen molar-refractivity contribution in [3.8, 4) is 5.75 Å². The highest BCUT2D eigenvalue weighted by Crippen LogP contribution is 2.15. The third-order valence-corrected chi connectivity index (χ3v) is 1.77. The van der Waals surface area contributed by atoms with E-state index in [2.05, 4.69) is 5.32 Å². The van der Waals surface area contributed by atoms with Crippen LogP contribution >= 0.6 is 0 Å². The second-order valence-corrected chi connectivity index (χ2v) is 2.87. The molecule has 0 aromatic heterocycles. The SMILES string of the molecule is [2H]COc1ccc(N[C@@H](C)C(=O)O)cc1. The minimum Gasteiger partial charge on any atom is -0.497 e. The van der Waals surface area contributed by atoms with Crippen molar-refractivity contribution in [2.75, 3.05) is 12.4 Å². The molecule has 76 valence electrons. The molecule has 0 saturated heterocycles.